The zero-order valence-corrected chi connectivity index (χ0v) is 15.3. The molecule has 1 saturated carbocycles. The van der Waals surface area contributed by atoms with Crippen molar-refractivity contribution in [3.05, 3.63) is 65.7 Å². The van der Waals surface area contributed by atoms with Crippen molar-refractivity contribution < 1.29 is 14.3 Å². The van der Waals surface area contributed by atoms with Crippen LogP contribution in [-0.4, -0.2) is 11.8 Å². The second kappa shape index (κ2) is 6.32. The molecule has 2 bridgehead atoms. The van der Waals surface area contributed by atoms with Crippen LogP contribution >= 0.6 is 0 Å². The second-order valence-corrected chi connectivity index (χ2v) is 7.54. The molecule has 0 spiro atoms. The van der Waals surface area contributed by atoms with E-state index in [-0.39, 0.29) is 46.6 Å². The highest BCUT2D eigenvalue weighted by Crippen LogP contribution is 2.53. The normalized spacial score (nSPS) is 26.3. The van der Waals surface area contributed by atoms with Crippen LogP contribution in [0.2, 0.25) is 0 Å². The van der Waals surface area contributed by atoms with Crippen molar-refractivity contribution in [1.82, 2.24) is 0 Å². The van der Waals surface area contributed by atoms with Crippen molar-refractivity contribution in [2.45, 2.75) is 6.42 Å². The standard InChI is InChI=1S/C23H15N3O3/c24-11-15-3-6-19(10-16(15)12-25)29-18-7-4-17(5-8-18)26-22(27)20-13-1-2-14(9-13)21(20)23(26)28/h1-8,10,13-14,20-21H,9H2/t13-,14-,20-,21-/m0/s1. The van der Waals surface area contributed by atoms with Gasteiger partial charge in [-0.25, -0.2) is 0 Å². The predicted octanol–water partition coefficient (Wildman–Crippen LogP) is 3.53. The number of fused-ring (bicyclic) bond motifs is 5. The average Bonchev–Trinajstić information content (AvgIpc) is 3.42. The molecule has 0 radical (unpaired) electrons. The lowest BCUT2D eigenvalue weighted by Gasteiger charge is -2.17. The zero-order chi connectivity index (χ0) is 20.1. The van der Waals surface area contributed by atoms with Gasteiger partial charge in [0.05, 0.1) is 28.7 Å². The molecule has 29 heavy (non-hydrogen) atoms. The lowest BCUT2D eigenvalue weighted by molar-refractivity contribution is -0.123. The summed E-state index contributed by atoms with van der Waals surface area (Å²) < 4.78 is 5.75. The number of nitriles is 2. The zero-order valence-electron chi connectivity index (χ0n) is 15.3. The molecule has 1 heterocycles. The molecular formula is C23H15N3O3. The van der Waals surface area contributed by atoms with Gasteiger partial charge in [0.15, 0.2) is 0 Å². The van der Waals surface area contributed by atoms with Crippen molar-refractivity contribution in [1.29, 1.82) is 10.5 Å². The van der Waals surface area contributed by atoms with Gasteiger partial charge in [0.2, 0.25) is 11.8 Å². The van der Waals surface area contributed by atoms with Crippen LogP contribution in [0.1, 0.15) is 17.5 Å². The molecule has 0 N–H and O–H groups in total. The van der Waals surface area contributed by atoms with Crippen LogP contribution in [0.15, 0.2) is 54.6 Å². The molecule has 2 aromatic rings. The summed E-state index contributed by atoms with van der Waals surface area (Å²) in [7, 11) is 0. The molecule has 5 rings (SSSR count). The Kier molecular flexibility index (Phi) is 3.75. The molecule has 0 unspecified atom stereocenters. The first-order valence-corrected chi connectivity index (χ1v) is 9.39. The minimum atomic E-state index is -0.225. The number of hydrogen-bond acceptors (Lipinski definition) is 5. The van der Waals surface area contributed by atoms with Gasteiger partial charge in [-0.15, -0.1) is 0 Å². The number of ether oxygens (including phenoxy) is 1. The van der Waals surface area contributed by atoms with E-state index in [1.54, 1.807) is 30.3 Å². The smallest absolute Gasteiger partial charge is 0.238 e. The topological polar surface area (TPSA) is 94.2 Å². The van der Waals surface area contributed by atoms with E-state index in [4.69, 9.17) is 15.3 Å². The third-order valence-corrected chi connectivity index (χ3v) is 6.03. The highest BCUT2D eigenvalue weighted by molar-refractivity contribution is 6.22. The molecule has 2 fully saturated rings. The highest BCUT2D eigenvalue weighted by Gasteiger charge is 2.59. The van der Waals surface area contributed by atoms with E-state index >= 15 is 0 Å². The van der Waals surface area contributed by atoms with Gasteiger partial charge in [-0.3, -0.25) is 14.5 Å². The molecular weight excluding hydrogens is 366 g/mol. The Morgan fingerprint density at radius 3 is 2.00 bits per heavy atom. The van der Waals surface area contributed by atoms with Crippen LogP contribution in [0.5, 0.6) is 11.5 Å². The maximum absolute atomic E-state index is 12.9. The second-order valence-electron chi connectivity index (χ2n) is 7.54. The largest absolute Gasteiger partial charge is 0.457 e. The first-order chi connectivity index (χ1) is 14.1. The number of nitrogens with zero attached hydrogens (tertiary/aromatic N) is 3. The Hall–Kier alpha value is -3.90. The van der Waals surface area contributed by atoms with E-state index in [0.717, 1.165) is 6.42 Å². The number of imide groups is 1. The molecule has 6 heteroatoms. The SMILES string of the molecule is N#Cc1ccc(Oc2ccc(N3C(=O)[C@@H]4[C@@H](C3=O)[C@H]3C=C[C@H]4C3)cc2)cc1C#N. The van der Waals surface area contributed by atoms with Crippen LogP contribution in [0.3, 0.4) is 0 Å². The number of rotatable bonds is 3. The number of hydrogen-bond donors (Lipinski definition) is 0. The summed E-state index contributed by atoms with van der Waals surface area (Å²) in [6, 6.07) is 15.3. The summed E-state index contributed by atoms with van der Waals surface area (Å²) in [5, 5.41) is 18.1. The van der Waals surface area contributed by atoms with E-state index in [0.29, 0.717) is 17.2 Å². The lowest BCUT2D eigenvalue weighted by atomic mass is 9.85. The van der Waals surface area contributed by atoms with Gasteiger partial charge in [0.1, 0.15) is 23.6 Å². The fourth-order valence-corrected chi connectivity index (χ4v) is 4.73. The Labute approximate surface area is 167 Å². The minimum Gasteiger partial charge on any atom is -0.457 e. The van der Waals surface area contributed by atoms with Gasteiger partial charge in [-0.2, -0.15) is 10.5 Å². The van der Waals surface area contributed by atoms with Gasteiger partial charge in [-0.05, 0) is 60.7 Å². The highest BCUT2D eigenvalue weighted by atomic mass is 16.5. The van der Waals surface area contributed by atoms with Crippen molar-refractivity contribution in [3.63, 3.8) is 0 Å². The van der Waals surface area contributed by atoms with Gasteiger partial charge in [-0.1, -0.05) is 12.2 Å². The quantitative estimate of drug-likeness (QED) is 0.599. The van der Waals surface area contributed by atoms with Gasteiger partial charge in [0.25, 0.3) is 0 Å². The fourth-order valence-electron chi connectivity index (χ4n) is 4.73. The summed E-state index contributed by atoms with van der Waals surface area (Å²) in [6.07, 6.45) is 5.05. The van der Waals surface area contributed by atoms with Gasteiger partial charge >= 0.3 is 0 Å². The monoisotopic (exact) mass is 381 g/mol. The van der Waals surface area contributed by atoms with Gasteiger partial charge < -0.3 is 4.74 Å². The van der Waals surface area contributed by atoms with Crippen molar-refractivity contribution in [3.8, 4) is 23.6 Å². The van der Waals surface area contributed by atoms with Crippen molar-refractivity contribution >= 4 is 17.5 Å². The molecule has 140 valence electrons. The fraction of sp³-hybridized carbons (Fsp3) is 0.217. The van der Waals surface area contributed by atoms with Crippen molar-refractivity contribution in [2.24, 2.45) is 23.7 Å². The number of benzene rings is 2. The summed E-state index contributed by atoms with van der Waals surface area (Å²) in [4.78, 5) is 27.1. The average molecular weight is 381 g/mol. The van der Waals surface area contributed by atoms with E-state index < -0.39 is 0 Å². The first-order valence-electron chi connectivity index (χ1n) is 9.39. The van der Waals surface area contributed by atoms with Gasteiger partial charge in [0, 0.05) is 0 Å². The van der Waals surface area contributed by atoms with Crippen LogP contribution in [0.4, 0.5) is 5.69 Å². The maximum atomic E-state index is 12.9. The Morgan fingerprint density at radius 1 is 0.828 bits per heavy atom. The van der Waals surface area contributed by atoms with E-state index in [2.05, 4.69) is 12.2 Å². The number of anilines is 1. The molecule has 1 aliphatic heterocycles. The summed E-state index contributed by atoms with van der Waals surface area (Å²) in [6.45, 7) is 0. The molecule has 1 saturated heterocycles. The Bertz CT molecular complexity index is 1120. The Balaban J connectivity index is 1.36. The summed E-state index contributed by atoms with van der Waals surface area (Å²) in [5.41, 5.74) is 1.07. The molecule has 2 aromatic carbocycles. The third kappa shape index (κ3) is 2.54. The van der Waals surface area contributed by atoms with E-state index in [1.165, 1.54) is 17.0 Å². The van der Waals surface area contributed by atoms with Crippen LogP contribution in [-0.2, 0) is 9.59 Å². The number of amides is 2. The first kappa shape index (κ1) is 17.2. The molecule has 6 nitrogen and oxygen atoms in total. The number of allylic oxidation sites excluding steroid dienone is 2. The predicted molar refractivity (Wildman–Crippen MR) is 103 cm³/mol. The Morgan fingerprint density at radius 2 is 1.41 bits per heavy atom. The molecule has 3 aliphatic rings. The van der Waals surface area contributed by atoms with E-state index in [1.807, 2.05) is 12.1 Å². The van der Waals surface area contributed by atoms with Crippen LogP contribution in [0, 0.1) is 46.3 Å². The number of carbonyl (C=O) groups is 2. The molecule has 4 atom stereocenters. The van der Waals surface area contributed by atoms with Crippen molar-refractivity contribution in [2.75, 3.05) is 4.90 Å². The summed E-state index contributed by atoms with van der Waals surface area (Å²) in [5.74, 6) is 0.613. The lowest BCUT2D eigenvalue weighted by Crippen LogP contribution is -2.32. The maximum Gasteiger partial charge on any atom is 0.238 e. The molecule has 2 aliphatic carbocycles. The van der Waals surface area contributed by atoms with Crippen LogP contribution in [0.25, 0.3) is 0 Å². The van der Waals surface area contributed by atoms with Crippen LogP contribution < -0.4 is 9.64 Å². The molecule has 0 aromatic heterocycles. The molecule has 2 amide bonds. The number of carbonyl (C=O) groups excluding carboxylic acids is 2. The minimum absolute atomic E-state index is 0.115. The third-order valence-electron chi connectivity index (χ3n) is 6.03. The van der Waals surface area contributed by atoms with E-state index in [9.17, 15) is 9.59 Å². The summed E-state index contributed by atoms with van der Waals surface area (Å²) >= 11 is 0.